The zero-order valence-corrected chi connectivity index (χ0v) is 13.1. The van der Waals surface area contributed by atoms with E-state index in [4.69, 9.17) is 9.72 Å². The lowest BCUT2D eigenvalue weighted by Crippen LogP contribution is -2.32. The van der Waals surface area contributed by atoms with E-state index in [1.807, 2.05) is 6.20 Å². The number of rotatable bonds is 6. The molecule has 112 valence electrons. The highest BCUT2D eigenvalue weighted by Gasteiger charge is 2.22. The van der Waals surface area contributed by atoms with E-state index in [0.29, 0.717) is 12.0 Å². The van der Waals surface area contributed by atoms with Crippen molar-refractivity contribution in [2.75, 3.05) is 13.7 Å². The largest absolute Gasteiger partial charge is 0.373 e. The minimum Gasteiger partial charge on any atom is -0.373 e. The second kappa shape index (κ2) is 7.14. The molecule has 1 aliphatic carbocycles. The Labute approximate surface area is 122 Å². The molecule has 2 atom stereocenters. The van der Waals surface area contributed by atoms with Gasteiger partial charge in [-0.15, -0.1) is 0 Å². The summed E-state index contributed by atoms with van der Waals surface area (Å²) in [6.45, 7) is 7.59. The van der Waals surface area contributed by atoms with Crippen molar-refractivity contribution in [3.05, 3.63) is 23.3 Å². The number of aromatic nitrogens is 2. The number of nitrogens with one attached hydrogen (secondary N) is 1. The standard InChI is InChI=1S/C16H27N3O/c1-5-15(20-4)16-18-10-13-8-12(9-17-11(2)3)6-7-14(13)19-16/h10-12,15,17H,5-9H2,1-4H3. The van der Waals surface area contributed by atoms with Gasteiger partial charge >= 0.3 is 0 Å². The molecule has 1 aromatic heterocycles. The normalized spacial score (nSPS) is 19.9. The van der Waals surface area contributed by atoms with Gasteiger partial charge in [-0.1, -0.05) is 20.8 Å². The Bertz CT molecular complexity index is 430. The lowest BCUT2D eigenvalue weighted by Gasteiger charge is -2.25. The first-order chi connectivity index (χ1) is 9.63. The zero-order valence-electron chi connectivity index (χ0n) is 13.1. The van der Waals surface area contributed by atoms with Gasteiger partial charge in [0.15, 0.2) is 5.82 Å². The van der Waals surface area contributed by atoms with Crippen LogP contribution in [0.2, 0.25) is 0 Å². The van der Waals surface area contributed by atoms with E-state index in [2.05, 4.69) is 31.1 Å². The van der Waals surface area contributed by atoms with Crippen molar-refractivity contribution in [3.63, 3.8) is 0 Å². The van der Waals surface area contributed by atoms with Crippen molar-refractivity contribution >= 4 is 0 Å². The van der Waals surface area contributed by atoms with Crippen molar-refractivity contribution < 1.29 is 4.74 Å². The summed E-state index contributed by atoms with van der Waals surface area (Å²) in [5.74, 6) is 1.55. The Morgan fingerprint density at radius 2 is 2.25 bits per heavy atom. The molecular formula is C16H27N3O. The molecule has 1 aliphatic rings. The molecule has 4 nitrogen and oxygen atoms in total. The molecule has 4 heteroatoms. The van der Waals surface area contributed by atoms with E-state index in [1.54, 1.807) is 7.11 Å². The molecule has 0 aliphatic heterocycles. The van der Waals surface area contributed by atoms with Gasteiger partial charge in [0.2, 0.25) is 0 Å². The van der Waals surface area contributed by atoms with Gasteiger partial charge in [-0.05, 0) is 43.7 Å². The van der Waals surface area contributed by atoms with Crippen molar-refractivity contribution in [1.82, 2.24) is 15.3 Å². The molecule has 0 amide bonds. The number of aryl methyl sites for hydroxylation is 1. The van der Waals surface area contributed by atoms with Gasteiger partial charge in [0.25, 0.3) is 0 Å². The Hall–Kier alpha value is -1.00. The summed E-state index contributed by atoms with van der Waals surface area (Å²) < 4.78 is 5.43. The Kier molecular flexibility index (Phi) is 5.49. The average molecular weight is 277 g/mol. The van der Waals surface area contributed by atoms with Crippen LogP contribution < -0.4 is 5.32 Å². The maximum Gasteiger partial charge on any atom is 0.157 e. The summed E-state index contributed by atoms with van der Waals surface area (Å²) in [5.41, 5.74) is 2.55. The third kappa shape index (κ3) is 3.76. The minimum atomic E-state index is 0.0284. The van der Waals surface area contributed by atoms with Crippen LogP contribution in [0.4, 0.5) is 0 Å². The molecule has 1 N–H and O–H groups in total. The molecule has 1 heterocycles. The van der Waals surface area contributed by atoms with Crippen LogP contribution in [0.3, 0.4) is 0 Å². The topological polar surface area (TPSA) is 47.0 Å². The number of fused-ring (bicyclic) bond motifs is 1. The molecular weight excluding hydrogens is 250 g/mol. The summed E-state index contributed by atoms with van der Waals surface area (Å²) >= 11 is 0. The molecule has 1 aromatic rings. The summed E-state index contributed by atoms with van der Waals surface area (Å²) in [4.78, 5) is 9.24. The quantitative estimate of drug-likeness (QED) is 0.868. The lowest BCUT2D eigenvalue weighted by molar-refractivity contribution is 0.0922. The third-order valence-corrected chi connectivity index (χ3v) is 4.03. The number of ether oxygens (including phenoxy) is 1. The molecule has 0 saturated heterocycles. The summed E-state index contributed by atoms with van der Waals surface area (Å²) in [6.07, 6.45) is 6.33. The second-order valence-corrected chi connectivity index (χ2v) is 6.00. The summed E-state index contributed by atoms with van der Waals surface area (Å²) in [7, 11) is 1.73. The number of hydrogen-bond donors (Lipinski definition) is 1. The van der Waals surface area contributed by atoms with Crippen LogP contribution in [0.5, 0.6) is 0 Å². The van der Waals surface area contributed by atoms with Crippen molar-refractivity contribution in [2.24, 2.45) is 5.92 Å². The van der Waals surface area contributed by atoms with E-state index >= 15 is 0 Å². The summed E-state index contributed by atoms with van der Waals surface area (Å²) in [6, 6.07) is 0.557. The molecule has 0 bridgehead atoms. The van der Waals surface area contributed by atoms with Crippen molar-refractivity contribution in [2.45, 2.75) is 58.6 Å². The van der Waals surface area contributed by atoms with E-state index in [9.17, 15) is 0 Å². The van der Waals surface area contributed by atoms with Gasteiger partial charge in [0.1, 0.15) is 6.10 Å². The maximum atomic E-state index is 5.43. The molecule has 20 heavy (non-hydrogen) atoms. The first-order valence-electron chi connectivity index (χ1n) is 7.74. The van der Waals surface area contributed by atoms with Crippen LogP contribution in [0.15, 0.2) is 6.20 Å². The van der Waals surface area contributed by atoms with E-state index in [1.165, 1.54) is 17.7 Å². The predicted molar refractivity (Wildman–Crippen MR) is 80.7 cm³/mol. The predicted octanol–water partition coefficient (Wildman–Crippen LogP) is 2.68. The molecule has 0 radical (unpaired) electrons. The van der Waals surface area contributed by atoms with Crippen LogP contribution in [0, 0.1) is 5.92 Å². The smallest absolute Gasteiger partial charge is 0.157 e. The van der Waals surface area contributed by atoms with E-state index in [-0.39, 0.29) is 6.10 Å². The van der Waals surface area contributed by atoms with Crippen LogP contribution in [-0.4, -0.2) is 29.7 Å². The van der Waals surface area contributed by atoms with Gasteiger partial charge < -0.3 is 10.1 Å². The average Bonchev–Trinajstić information content (AvgIpc) is 2.46. The van der Waals surface area contributed by atoms with Gasteiger partial charge in [-0.3, -0.25) is 0 Å². The highest BCUT2D eigenvalue weighted by molar-refractivity contribution is 5.22. The van der Waals surface area contributed by atoms with Crippen molar-refractivity contribution in [3.8, 4) is 0 Å². The summed E-state index contributed by atoms with van der Waals surface area (Å²) in [5, 5.41) is 3.53. The maximum absolute atomic E-state index is 5.43. The zero-order chi connectivity index (χ0) is 14.5. The van der Waals surface area contributed by atoms with Gasteiger partial charge in [-0.2, -0.15) is 0 Å². The van der Waals surface area contributed by atoms with Crippen LogP contribution in [0.1, 0.15) is 56.8 Å². The second-order valence-electron chi connectivity index (χ2n) is 6.00. The fourth-order valence-electron chi connectivity index (χ4n) is 2.78. The Morgan fingerprint density at radius 3 is 2.90 bits per heavy atom. The lowest BCUT2D eigenvalue weighted by atomic mass is 9.87. The van der Waals surface area contributed by atoms with Crippen LogP contribution in [0.25, 0.3) is 0 Å². The molecule has 0 aromatic carbocycles. The molecule has 0 saturated carbocycles. The Morgan fingerprint density at radius 1 is 1.45 bits per heavy atom. The third-order valence-electron chi connectivity index (χ3n) is 4.03. The highest BCUT2D eigenvalue weighted by Crippen LogP contribution is 2.25. The minimum absolute atomic E-state index is 0.0284. The Balaban J connectivity index is 2.03. The molecule has 0 fully saturated rings. The monoisotopic (exact) mass is 277 g/mol. The van der Waals surface area contributed by atoms with Crippen LogP contribution in [-0.2, 0) is 17.6 Å². The van der Waals surface area contributed by atoms with E-state index in [0.717, 1.165) is 31.6 Å². The SMILES string of the molecule is CCC(OC)c1ncc2c(n1)CCC(CNC(C)C)C2. The fraction of sp³-hybridized carbons (Fsp3) is 0.750. The molecule has 2 rings (SSSR count). The van der Waals surface area contributed by atoms with E-state index < -0.39 is 0 Å². The number of hydrogen-bond acceptors (Lipinski definition) is 4. The van der Waals surface area contributed by atoms with Gasteiger partial charge in [-0.25, -0.2) is 9.97 Å². The van der Waals surface area contributed by atoms with Gasteiger partial charge in [0, 0.05) is 25.0 Å². The highest BCUT2D eigenvalue weighted by atomic mass is 16.5. The first-order valence-corrected chi connectivity index (χ1v) is 7.74. The van der Waals surface area contributed by atoms with Crippen molar-refractivity contribution in [1.29, 1.82) is 0 Å². The number of nitrogens with zero attached hydrogens (tertiary/aromatic N) is 2. The number of methoxy groups -OCH3 is 1. The molecule has 2 unspecified atom stereocenters. The van der Waals surface area contributed by atoms with Gasteiger partial charge in [0.05, 0.1) is 0 Å². The fourth-order valence-corrected chi connectivity index (χ4v) is 2.78. The molecule has 0 spiro atoms. The van der Waals surface area contributed by atoms with Crippen LogP contribution >= 0.6 is 0 Å². The first kappa shape index (κ1) is 15.4.